The van der Waals surface area contributed by atoms with E-state index in [2.05, 4.69) is 0 Å². The van der Waals surface area contributed by atoms with E-state index < -0.39 is 11.7 Å². The Balaban J connectivity index is 2.52. The van der Waals surface area contributed by atoms with Crippen molar-refractivity contribution in [3.05, 3.63) is 29.8 Å². The van der Waals surface area contributed by atoms with Crippen LogP contribution in [0.15, 0.2) is 29.2 Å². The molecular formula is C12H15F3OS. The smallest absolute Gasteiger partial charge is 0.365 e. The van der Waals surface area contributed by atoms with Crippen LogP contribution >= 0.6 is 11.8 Å². The molecule has 0 fully saturated rings. The van der Waals surface area contributed by atoms with E-state index >= 15 is 0 Å². The minimum atomic E-state index is -4.27. The summed E-state index contributed by atoms with van der Waals surface area (Å²) in [5.74, 6) is 0.425. The number of hydrogen-bond donors (Lipinski definition) is 0. The molecule has 96 valence electrons. The van der Waals surface area contributed by atoms with E-state index in [0.29, 0.717) is 5.94 Å². The molecule has 1 aromatic rings. The Kier molecular flexibility index (Phi) is 4.49. The minimum absolute atomic E-state index is 0.237. The predicted octanol–water partition coefficient (Wildman–Crippen LogP) is 4.57. The largest absolute Gasteiger partial charge is 0.416 e. The zero-order valence-corrected chi connectivity index (χ0v) is 10.8. The van der Waals surface area contributed by atoms with Crippen LogP contribution in [0.25, 0.3) is 0 Å². The average molecular weight is 264 g/mol. The molecule has 0 saturated heterocycles. The van der Waals surface area contributed by atoms with E-state index in [9.17, 15) is 13.2 Å². The first-order valence-corrected chi connectivity index (χ1v) is 6.11. The van der Waals surface area contributed by atoms with E-state index in [1.165, 1.54) is 23.9 Å². The van der Waals surface area contributed by atoms with Crippen molar-refractivity contribution in [1.82, 2.24) is 0 Å². The van der Waals surface area contributed by atoms with Crippen LogP contribution in [0.5, 0.6) is 0 Å². The third-order valence-corrected chi connectivity index (χ3v) is 2.74. The van der Waals surface area contributed by atoms with Gasteiger partial charge in [-0.3, -0.25) is 0 Å². The van der Waals surface area contributed by atoms with Crippen molar-refractivity contribution >= 4 is 11.8 Å². The first kappa shape index (κ1) is 14.4. The van der Waals surface area contributed by atoms with Crippen molar-refractivity contribution in [3.8, 4) is 0 Å². The highest BCUT2D eigenvalue weighted by molar-refractivity contribution is 7.99. The molecular weight excluding hydrogens is 249 g/mol. The lowest BCUT2D eigenvalue weighted by atomic mass is 10.2. The van der Waals surface area contributed by atoms with Crippen LogP contribution in [-0.2, 0) is 10.9 Å². The molecule has 0 radical (unpaired) electrons. The van der Waals surface area contributed by atoms with Crippen LogP contribution in [0.4, 0.5) is 13.2 Å². The fraction of sp³-hybridized carbons (Fsp3) is 0.500. The van der Waals surface area contributed by atoms with Crippen LogP contribution in [0.3, 0.4) is 0 Å². The number of alkyl halides is 3. The van der Waals surface area contributed by atoms with Crippen LogP contribution < -0.4 is 0 Å². The normalized spacial score (nSPS) is 12.8. The number of thioether (sulfide) groups is 1. The lowest BCUT2D eigenvalue weighted by Crippen LogP contribution is -2.18. The van der Waals surface area contributed by atoms with Gasteiger partial charge in [-0.05, 0) is 45.0 Å². The number of halogens is 3. The molecule has 1 aromatic carbocycles. The second kappa shape index (κ2) is 5.31. The van der Waals surface area contributed by atoms with Crippen molar-refractivity contribution in [1.29, 1.82) is 0 Å². The van der Waals surface area contributed by atoms with Crippen LogP contribution in [-0.4, -0.2) is 11.5 Å². The summed E-state index contributed by atoms with van der Waals surface area (Å²) in [4.78, 5) is 0.766. The third-order valence-electron chi connectivity index (χ3n) is 1.90. The van der Waals surface area contributed by atoms with Crippen LogP contribution in [0.1, 0.15) is 26.3 Å². The van der Waals surface area contributed by atoms with E-state index in [0.717, 1.165) is 17.0 Å². The average Bonchev–Trinajstić information content (AvgIpc) is 2.15. The second-order valence-corrected chi connectivity index (χ2v) is 5.54. The first-order valence-electron chi connectivity index (χ1n) is 5.12. The monoisotopic (exact) mass is 264 g/mol. The Morgan fingerprint density at radius 2 is 1.59 bits per heavy atom. The molecule has 0 spiro atoms. The van der Waals surface area contributed by atoms with E-state index in [-0.39, 0.29) is 5.60 Å². The zero-order valence-electron chi connectivity index (χ0n) is 9.97. The van der Waals surface area contributed by atoms with Gasteiger partial charge < -0.3 is 4.74 Å². The summed E-state index contributed by atoms with van der Waals surface area (Å²) in [6.45, 7) is 5.79. The summed E-state index contributed by atoms with van der Waals surface area (Å²) in [5, 5.41) is 0. The Hall–Kier alpha value is -0.680. The molecule has 0 bridgehead atoms. The van der Waals surface area contributed by atoms with Crippen LogP contribution in [0, 0.1) is 0 Å². The highest BCUT2D eigenvalue weighted by atomic mass is 32.2. The van der Waals surface area contributed by atoms with Crippen molar-refractivity contribution in [3.63, 3.8) is 0 Å². The zero-order chi connectivity index (χ0) is 13.1. The summed E-state index contributed by atoms with van der Waals surface area (Å²) in [6, 6.07) is 5.08. The SMILES string of the molecule is CC(C)(C)OCSc1ccc(C(F)(F)F)cc1. The van der Waals surface area contributed by atoms with Gasteiger partial charge in [0.2, 0.25) is 0 Å². The Labute approximate surface area is 103 Å². The van der Waals surface area contributed by atoms with Gasteiger partial charge in [-0.15, -0.1) is 0 Å². The molecule has 0 N–H and O–H groups in total. The Bertz CT molecular complexity index is 351. The van der Waals surface area contributed by atoms with Crippen LogP contribution in [0.2, 0.25) is 0 Å². The molecule has 0 amide bonds. The lowest BCUT2D eigenvalue weighted by molar-refractivity contribution is -0.137. The molecule has 0 aliphatic heterocycles. The van der Waals surface area contributed by atoms with Gasteiger partial charge in [0.15, 0.2) is 0 Å². The molecule has 0 aliphatic rings. The maximum Gasteiger partial charge on any atom is 0.416 e. The van der Waals surface area contributed by atoms with Crippen molar-refractivity contribution in [2.24, 2.45) is 0 Å². The standard InChI is InChI=1S/C12H15F3OS/c1-11(2,3)16-8-17-10-6-4-9(5-7-10)12(13,14)15/h4-7H,8H2,1-3H3. The summed E-state index contributed by atoms with van der Waals surface area (Å²) in [7, 11) is 0. The Morgan fingerprint density at radius 1 is 1.06 bits per heavy atom. The predicted molar refractivity (Wildman–Crippen MR) is 63.0 cm³/mol. The van der Waals surface area contributed by atoms with Gasteiger partial charge >= 0.3 is 6.18 Å². The molecule has 0 aromatic heterocycles. The lowest BCUT2D eigenvalue weighted by Gasteiger charge is -2.19. The molecule has 0 heterocycles. The second-order valence-electron chi connectivity index (χ2n) is 4.54. The number of benzene rings is 1. The van der Waals surface area contributed by atoms with Gasteiger partial charge in [-0.2, -0.15) is 13.2 Å². The summed E-state index contributed by atoms with van der Waals surface area (Å²) in [6.07, 6.45) is -4.27. The van der Waals surface area contributed by atoms with E-state index in [4.69, 9.17) is 4.74 Å². The first-order chi connectivity index (χ1) is 7.68. The maximum atomic E-state index is 12.3. The molecule has 1 nitrogen and oxygen atoms in total. The highest BCUT2D eigenvalue weighted by Crippen LogP contribution is 2.30. The molecule has 17 heavy (non-hydrogen) atoms. The summed E-state index contributed by atoms with van der Waals surface area (Å²) in [5.41, 5.74) is -0.863. The minimum Gasteiger partial charge on any atom is -0.365 e. The summed E-state index contributed by atoms with van der Waals surface area (Å²) >= 11 is 1.38. The van der Waals surface area contributed by atoms with Gasteiger partial charge in [-0.25, -0.2) is 0 Å². The van der Waals surface area contributed by atoms with Gasteiger partial charge in [-0.1, -0.05) is 11.8 Å². The molecule has 0 saturated carbocycles. The maximum absolute atomic E-state index is 12.3. The van der Waals surface area contributed by atoms with E-state index in [1.807, 2.05) is 20.8 Å². The molecule has 5 heteroatoms. The quantitative estimate of drug-likeness (QED) is 0.584. The summed E-state index contributed by atoms with van der Waals surface area (Å²) < 4.78 is 42.4. The van der Waals surface area contributed by atoms with E-state index in [1.54, 1.807) is 0 Å². The fourth-order valence-corrected chi connectivity index (χ4v) is 1.89. The number of ether oxygens (including phenoxy) is 1. The van der Waals surface area contributed by atoms with Crippen molar-refractivity contribution in [2.75, 3.05) is 5.94 Å². The number of hydrogen-bond acceptors (Lipinski definition) is 2. The van der Waals surface area contributed by atoms with Gasteiger partial charge in [0.05, 0.1) is 17.1 Å². The molecule has 0 atom stereocenters. The molecule has 1 rings (SSSR count). The Morgan fingerprint density at radius 3 is 2.00 bits per heavy atom. The van der Waals surface area contributed by atoms with Gasteiger partial charge in [0, 0.05) is 4.90 Å². The third kappa shape index (κ3) is 5.46. The fourth-order valence-electron chi connectivity index (χ4n) is 1.01. The van der Waals surface area contributed by atoms with Gasteiger partial charge in [0.1, 0.15) is 0 Å². The topological polar surface area (TPSA) is 9.23 Å². The highest BCUT2D eigenvalue weighted by Gasteiger charge is 2.29. The van der Waals surface area contributed by atoms with Crippen molar-refractivity contribution < 1.29 is 17.9 Å². The molecule has 0 unspecified atom stereocenters. The number of rotatable bonds is 3. The van der Waals surface area contributed by atoms with Gasteiger partial charge in [0.25, 0.3) is 0 Å². The van der Waals surface area contributed by atoms with Crippen molar-refractivity contribution in [2.45, 2.75) is 37.4 Å². The molecule has 0 aliphatic carbocycles.